The van der Waals surface area contributed by atoms with Crippen molar-refractivity contribution in [3.63, 3.8) is 0 Å². The summed E-state index contributed by atoms with van der Waals surface area (Å²) in [4.78, 5) is 25.3. The molecule has 1 saturated carbocycles. The number of rotatable bonds is 5. The molecular formula is C20H29N3O3. The van der Waals surface area contributed by atoms with Crippen molar-refractivity contribution in [2.75, 3.05) is 18.4 Å². The predicted molar refractivity (Wildman–Crippen MR) is 101 cm³/mol. The van der Waals surface area contributed by atoms with Crippen molar-refractivity contribution in [3.8, 4) is 0 Å². The van der Waals surface area contributed by atoms with Crippen molar-refractivity contribution in [1.82, 2.24) is 10.6 Å². The van der Waals surface area contributed by atoms with Gasteiger partial charge in [0.2, 0.25) is 11.8 Å². The zero-order valence-electron chi connectivity index (χ0n) is 15.6. The van der Waals surface area contributed by atoms with Crippen LogP contribution in [0.25, 0.3) is 0 Å². The molecule has 4 N–H and O–H groups in total. The highest BCUT2D eigenvalue weighted by atomic mass is 16.3. The molecule has 0 bridgehead atoms. The maximum atomic E-state index is 13.0. The Morgan fingerprint density at radius 3 is 2.58 bits per heavy atom. The largest absolute Gasteiger partial charge is 0.392 e. The minimum absolute atomic E-state index is 0.0158. The number of aryl methyl sites for hydroxylation is 2. The van der Waals surface area contributed by atoms with Crippen LogP contribution in [-0.2, 0) is 9.59 Å². The smallest absolute Gasteiger partial charge is 0.237 e. The molecule has 1 aromatic rings. The quantitative estimate of drug-likeness (QED) is 0.643. The van der Waals surface area contributed by atoms with Gasteiger partial charge in [-0.15, -0.1) is 0 Å². The summed E-state index contributed by atoms with van der Waals surface area (Å²) >= 11 is 0. The molecule has 3 rings (SSSR count). The molecule has 6 heteroatoms. The van der Waals surface area contributed by atoms with Crippen LogP contribution in [0.3, 0.4) is 0 Å². The Bertz CT molecular complexity index is 683. The molecule has 0 radical (unpaired) electrons. The Labute approximate surface area is 154 Å². The van der Waals surface area contributed by atoms with Crippen LogP contribution in [-0.4, -0.2) is 42.2 Å². The lowest BCUT2D eigenvalue weighted by atomic mass is 9.84. The van der Waals surface area contributed by atoms with Gasteiger partial charge in [-0.1, -0.05) is 18.9 Å². The molecule has 2 unspecified atom stereocenters. The first-order valence-electron chi connectivity index (χ1n) is 9.47. The monoisotopic (exact) mass is 359 g/mol. The maximum absolute atomic E-state index is 13.0. The van der Waals surface area contributed by atoms with E-state index in [2.05, 4.69) is 16.0 Å². The number of hydrogen-bond donors (Lipinski definition) is 4. The van der Waals surface area contributed by atoms with Crippen LogP contribution in [0.5, 0.6) is 0 Å². The van der Waals surface area contributed by atoms with E-state index >= 15 is 0 Å². The fourth-order valence-electron chi connectivity index (χ4n) is 3.92. The molecule has 0 aromatic heterocycles. The molecule has 2 amide bonds. The second-order valence-electron chi connectivity index (χ2n) is 7.81. The Balaban J connectivity index is 1.64. The highest BCUT2D eigenvalue weighted by Crippen LogP contribution is 2.38. The number of β-amino-alcohol motifs (C(OH)–C–C–N with tert-alkyl or cyclic N) is 1. The van der Waals surface area contributed by atoms with E-state index in [1.54, 1.807) is 0 Å². The van der Waals surface area contributed by atoms with Gasteiger partial charge in [0.1, 0.15) is 0 Å². The van der Waals surface area contributed by atoms with Crippen molar-refractivity contribution in [1.29, 1.82) is 0 Å². The molecule has 6 nitrogen and oxygen atoms in total. The lowest BCUT2D eigenvalue weighted by molar-refractivity contribution is -0.127. The van der Waals surface area contributed by atoms with Gasteiger partial charge in [0.15, 0.2) is 0 Å². The average molecular weight is 359 g/mol. The first-order chi connectivity index (χ1) is 12.4. The molecule has 1 aromatic carbocycles. The number of amides is 2. The third-order valence-electron chi connectivity index (χ3n) is 5.83. The summed E-state index contributed by atoms with van der Waals surface area (Å²) in [5, 5.41) is 18.6. The molecule has 26 heavy (non-hydrogen) atoms. The molecule has 1 aliphatic carbocycles. The topological polar surface area (TPSA) is 90.5 Å². The molecule has 2 fully saturated rings. The second-order valence-corrected chi connectivity index (χ2v) is 7.81. The zero-order valence-corrected chi connectivity index (χ0v) is 15.6. The molecule has 0 spiro atoms. The first kappa shape index (κ1) is 18.9. The molecule has 1 heterocycles. The number of nitrogens with one attached hydrogen (secondary N) is 3. The lowest BCUT2D eigenvalue weighted by Crippen LogP contribution is -2.48. The number of aliphatic hydroxyl groups is 1. The Hall–Kier alpha value is -1.92. The number of aliphatic hydroxyl groups excluding tert-OH is 1. The number of anilines is 1. The number of carbonyl (C=O) groups excluding carboxylic acids is 2. The average Bonchev–Trinajstić information content (AvgIpc) is 3.26. The van der Waals surface area contributed by atoms with E-state index in [1.807, 2.05) is 32.0 Å². The van der Waals surface area contributed by atoms with Crippen molar-refractivity contribution in [3.05, 3.63) is 29.3 Å². The summed E-state index contributed by atoms with van der Waals surface area (Å²) < 4.78 is 0. The highest BCUT2D eigenvalue weighted by Gasteiger charge is 2.42. The van der Waals surface area contributed by atoms with Crippen LogP contribution >= 0.6 is 0 Å². The molecule has 1 saturated heterocycles. The van der Waals surface area contributed by atoms with Gasteiger partial charge in [-0.05, 0) is 56.4 Å². The summed E-state index contributed by atoms with van der Waals surface area (Å²) in [6, 6.07) is 5.54. The van der Waals surface area contributed by atoms with Crippen LogP contribution in [0.1, 0.15) is 43.2 Å². The van der Waals surface area contributed by atoms with Gasteiger partial charge < -0.3 is 21.1 Å². The van der Waals surface area contributed by atoms with Gasteiger partial charge in [-0.25, -0.2) is 0 Å². The van der Waals surface area contributed by atoms with Crippen molar-refractivity contribution in [2.24, 2.45) is 5.41 Å². The first-order valence-corrected chi connectivity index (χ1v) is 9.47. The Kier molecular flexibility index (Phi) is 5.63. The second kappa shape index (κ2) is 7.76. The Morgan fingerprint density at radius 2 is 1.96 bits per heavy atom. The summed E-state index contributed by atoms with van der Waals surface area (Å²) in [7, 11) is 0. The number of benzene rings is 1. The van der Waals surface area contributed by atoms with Crippen LogP contribution in [0, 0.1) is 19.3 Å². The van der Waals surface area contributed by atoms with Crippen LogP contribution < -0.4 is 16.0 Å². The molecule has 1 aliphatic heterocycles. The normalized spacial score (nSPS) is 24.4. The highest BCUT2D eigenvalue weighted by molar-refractivity contribution is 5.96. The van der Waals surface area contributed by atoms with E-state index in [0.29, 0.717) is 19.5 Å². The third-order valence-corrected chi connectivity index (χ3v) is 5.83. The van der Waals surface area contributed by atoms with Gasteiger partial charge in [0.05, 0.1) is 17.6 Å². The van der Waals surface area contributed by atoms with Gasteiger partial charge in [-0.3, -0.25) is 9.59 Å². The zero-order chi connectivity index (χ0) is 18.7. The van der Waals surface area contributed by atoms with E-state index < -0.39 is 11.5 Å². The fourth-order valence-corrected chi connectivity index (χ4v) is 3.92. The number of hydrogen-bond acceptors (Lipinski definition) is 4. The van der Waals surface area contributed by atoms with Gasteiger partial charge >= 0.3 is 0 Å². The van der Waals surface area contributed by atoms with Gasteiger partial charge in [0, 0.05) is 18.8 Å². The van der Waals surface area contributed by atoms with Crippen molar-refractivity contribution in [2.45, 2.75) is 58.1 Å². The molecule has 2 aliphatic rings. The van der Waals surface area contributed by atoms with E-state index in [9.17, 15) is 14.7 Å². The lowest BCUT2D eigenvalue weighted by Gasteiger charge is -2.28. The van der Waals surface area contributed by atoms with Crippen molar-refractivity contribution < 1.29 is 14.7 Å². The predicted octanol–water partition coefficient (Wildman–Crippen LogP) is 1.64. The minimum atomic E-state index is -0.550. The molecule has 2 atom stereocenters. The minimum Gasteiger partial charge on any atom is -0.392 e. The summed E-state index contributed by atoms with van der Waals surface area (Å²) in [5.74, 6) is -0.148. The van der Waals surface area contributed by atoms with Crippen molar-refractivity contribution >= 4 is 17.5 Å². The summed E-state index contributed by atoms with van der Waals surface area (Å²) in [5.41, 5.74) is 2.59. The van der Waals surface area contributed by atoms with Gasteiger partial charge in [-0.2, -0.15) is 0 Å². The fraction of sp³-hybridized carbons (Fsp3) is 0.600. The van der Waals surface area contributed by atoms with E-state index in [4.69, 9.17) is 0 Å². The van der Waals surface area contributed by atoms with E-state index in [-0.39, 0.29) is 17.9 Å². The van der Waals surface area contributed by atoms with E-state index in [1.165, 1.54) is 5.56 Å². The number of carbonyl (C=O) groups is 2. The molecule has 142 valence electrons. The van der Waals surface area contributed by atoms with Crippen LogP contribution in [0.2, 0.25) is 0 Å². The standard InChI is InChI=1S/C20H29N3O3/c1-13-5-6-15(9-14(13)2)23-19(26)20(7-3-4-8-20)12-22-18(25)17-10-16(24)11-21-17/h5-6,9,16-17,21,24H,3-4,7-8,10-12H2,1-2H3,(H,22,25)(H,23,26). The molecular weight excluding hydrogens is 330 g/mol. The van der Waals surface area contributed by atoms with Crippen LogP contribution in [0.4, 0.5) is 5.69 Å². The maximum Gasteiger partial charge on any atom is 0.237 e. The summed E-state index contributed by atoms with van der Waals surface area (Å²) in [6.45, 7) is 4.86. The third kappa shape index (κ3) is 4.07. The van der Waals surface area contributed by atoms with E-state index in [0.717, 1.165) is 36.9 Å². The summed E-state index contributed by atoms with van der Waals surface area (Å²) in [6.07, 6.45) is 3.51. The Morgan fingerprint density at radius 1 is 1.23 bits per heavy atom. The van der Waals surface area contributed by atoms with Crippen LogP contribution in [0.15, 0.2) is 18.2 Å². The SMILES string of the molecule is Cc1ccc(NC(=O)C2(CNC(=O)C3CC(O)CN3)CCCC2)cc1C. The van der Waals surface area contributed by atoms with Gasteiger partial charge in [0.25, 0.3) is 0 Å².